The molecule has 2 fully saturated rings. The van der Waals surface area contributed by atoms with Crippen LogP contribution in [0.3, 0.4) is 0 Å². The second-order valence-electron chi connectivity index (χ2n) is 16.2. The Morgan fingerprint density at radius 1 is 0.746 bits per heavy atom. The first-order chi connectivity index (χ1) is 27.6. The summed E-state index contributed by atoms with van der Waals surface area (Å²) in [5.74, 6) is 0. The van der Waals surface area contributed by atoms with Crippen molar-refractivity contribution in [2.24, 2.45) is 0 Å². The zero-order valence-corrected chi connectivity index (χ0v) is 44.5. The Bertz CT molecular complexity index is 1040. The summed E-state index contributed by atoms with van der Waals surface area (Å²) in [4.78, 5) is 0.130. The fourth-order valence-corrected chi connectivity index (χ4v) is 6.28. The van der Waals surface area contributed by atoms with E-state index in [0.29, 0.717) is 12.5 Å². The van der Waals surface area contributed by atoms with Crippen molar-refractivity contribution in [1.29, 1.82) is 0 Å². The summed E-state index contributed by atoms with van der Waals surface area (Å²) >= 11 is 9.53. The first kappa shape index (κ1) is 66.7. The number of hydrogen-bond donors (Lipinski definition) is 3. The van der Waals surface area contributed by atoms with Crippen LogP contribution in [-0.2, 0) is 23.8 Å². The van der Waals surface area contributed by atoms with E-state index in [4.69, 9.17) is 47.1 Å². The molecule has 2 aliphatic heterocycles. The molecular weight excluding hydrogens is 839 g/mol. The zero-order valence-electron chi connectivity index (χ0n) is 39.0. The van der Waals surface area contributed by atoms with Crippen molar-refractivity contribution in [3.05, 3.63) is 29.8 Å². The van der Waals surface area contributed by atoms with Gasteiger partial charge in [-0.15, -0.1) is 28.8 Å². The minimum Gasteiger partial charge on any atom is -0.850 e. The Morgan fingerprint density at radius 2 is 1.12 bits per heavy atom. The summed E-state index contributed by atoms with van der Waals surface area (Å²) in [7, 11) is -3.77. The molecule has 3 rings (SSSR count). The summed E-state index contributed by atoms with van der Waals surface area (Å²) in [5.41, 5.74) is 0.238. The average Bonchev–Trinajstić information content (AvgIpc) is 3.80. The monoisotopic (exact) mass is 927 g/mol. The molecule has 0 amide bonds. The SMILES string of the molecule is C1CCOC1.CC(C)(C)[O-].CCCCCCCCC1CO1.CCCCCCCC[C@H](O)CO.CCCCCCCC[C@H](O)COS(=O)(=O)c1ccc(C)cc1.ClCCl.[K+]. The van der Waals surface area contributed by atoms with Gasteiger partial charge in [-0.05, 0) is 51.2 Å². The minimum atomic E-state index is -3.77. The van der Waals surface area contributed by atoms with E-state index in [2.05, 4.69) is 20.8 Å². The Balaban J connectivity index is -0.000000347. The van der Waals surface area contributed by atoms with E-state index in [0.717, 1.165) is 51.1 Å². The Labute approximate surface area is 416 Å². The number of benzene rings is 1. The van der Waals surface area contributed by atoms with Crippen LogP contribution >= 0.6 is 23.2 Å². The van der Waals surface area contributed by atoms with Gasteiger partial charge in [-0.1, -0.05) is 175 Å². The van der Waals surface area contributed by atoms with Crippen molar-refractivity contribution in [3.63, 3.8) is 0 Å². The van der Waals surface area contributed by atoms with Crippen LogP contribution in [0.5, 0.6) is 0 Å². The predicted molar refractivity (Wildman–Crippen MR) is 244 cm³/mol. The molecule has 1 aromatic rings. The van der Waals surface area contributed by atoms with Crippen LogP contribution in [0.4, 0.5) is 0 Å². The van der Waals surface area contributed by atoms with Crippen molar-refractivity contribution in [3.8, 4) is 0 Å². The molecule has 1 unspecified atom stereocenters. The third-order valence-corrected chi connectivity index (χ3v) is 10.1. The van der Waals surface area contributed by atoms with Gasteiger partial charge in [-0.3, -0.25) is 4.18 Å². The molecule has 2 saturated heterocycles. The van der Waals surface area contributed by atoms with Gasteiger partial charge >= 0.3 is 51.4 Å². The number of unbranched alkanes of at least 4 members (excludes halogenated alkanes) is 15. The van der Waals surface area contributed by atoms with E-state index in [9.17, 15) is 18.6 Å². The van der Waals surface area contributed by atoms with Gasteiger partial charge in [-0.2, -0.15) is 8.42 Å². The maximum Gasteiger partial charge on any atom is 1.00 e. The number of alkyl halides is 2. The maximum absolute atomic E-state index is 12.0. The normalized spacial score (nSPS) is 15.1. The Hall–Kier alpha value is 1.11. The van der Waals surface area contributed by atoms with Crippen molar-refractivity contribution >= 4 is 33.3 Å². The number of ether oxygens (including phenoxy) is 2. The van der Waals surface area contributed by atoms with E-state index >= 15 is 0 Å². The number of rotatable bonds is 26. The number of halogens is 2. The first-order valence-corrected chi connectivity index (χ1v) is 25.0. The summed E-state index contributed by atoms with van der Waals surface area (Å²) < 4.78 is 38.9. The predicted octanol–water partition coefficient (Wildman–Crippen LogP) is 8.41. The van der Waals surface area contributed by atoms with Crippen molar-refractivity contribution in [1.82, 2.24) is 0 Å². The molecule has 13 heteroatoms. The van der Waals surface area contributed by atoms with Crippen LogP contribution in [0, 0.1) is 6.92 Å². The third-order valence-electron chi connectivity index (χ3n) is 8.83. The molecule has 0 saturated carbocycles. The van der Waals surface area contributed by atoms with Gasteiger partial charge in [0.1, 0.15) is 0 Å². The fourth-order valence-electron chi connectivity index (χ4n) is 5.33. The van der Waals surface area contributed by atoms with Crippen LogP contribution in [0.1, 0.15) is 195 Å². The van der Waals surface area contributed by atoms with Crippen molar-refractivity contribution in [2.45, 2.75) is 225 Å². The molecule has 2 aliphatic rings. The quantitative estimate of drug-likeness (QED) is 0.0274. The zero-order chi connectivity index (χ0) is 44.3. The summed E-state index contributed by atoms with van der Waals surface area (Å²) in [5, 5.41) is 37.7. The second kappa shape index (κ2) is 48.6. The molecule has 0 bridgehead atoms. The molecule has 0 aromatic heterocycles. The molecule has 0 aliphatic carbocycles. The summed E-state index contributed by atoms with van der Waals surface area (Å²) in [6.07, 6.45) is 27.3. The molecule has 0 spiro atoms. The van der Waals surface area contributed by atoms with Crippen LogP contribution in [0.15, 0.2) is 29.2 Å². The van der Waals surface area contributed by atoms with Crippen molar-refractivity contribution in [2.75, 3.05) is 38.4 Å². The maximum atomic E-state index is 12.0. The summed E-state index contributed by atoms with van der Waals surface area (Å²) in [6, 6.07) is 6.49. The number of aliphatic hydroxyl groups excluding tert-OH is 3. The first-order valence-electron chi connectivity index (χ1n) is 22.6. The standard InChI is InChI=1S/C17H28O4S.C10H22O2.C10H20O.C4H8O.C4H9O.CH2Cl2.K/c1-3-4-5-6-7-8-9-16(18)14-21-22(19,20)17-12-10-15(2)11-13-17;1-2-3-4-5-6-7-8-10(12)9-11;1-2-3-4-5-6-7-8-10-9-11-10;1-2-4-5-3-1;1-4(2,3)5;2-1-3;/h10-13,16,18H,3-9,14H2,1-2H3;10-12H,2-9H2,1H3;10H,2-9H2,1H3;1-4H2;1-3H3;1H2;/q;;;;-1;;+1/t16-;10-;;;;;/m00...../s1. The van der Waals surface area contributed by atoms with Gasteiger partial charge in [0.2, 0.25) is 0 Å². The molecule has 0 radical (unpaired) electrons. The molecule has 3 N–H and O–H groups in total. The van der Waals surface area contributed by atoms with E-state index in [1.165, 1.54) is 128 Å². The van der Waals surface area contributed by atoms with Gasteiger partial charge in [-0.25, -0.2) is 0 Å². The molecule has 348 valence electrons. The number of aryl methyl sites for hydroxylation is 1. The van der Waals surface area contributed by atoms with Crippen LogP contribution < -0.4 is 56.5 Å². The van der Waals surface area contributed by atoms with Gasteiger partial charge in [0.15, 0.2) is 0 Å². The van der Waals surface area contributed by atoms with Crippen LogP contribution in [0.25, 0.3) is 0 Å². The average molecular weight is 928 g/mol. The topological polar surface area (TPSA) is 149 Å². The fraction of sp³-hybridized carbons (Fsp3) is 0.870. The van der Waals surface area contributed by atoms with E-state index in [-0.39, 0.29) is 74.8 Å². The molecule has 59 heavy (non-hydrogen) atoms. The summed E-state index contributed by atoms with van der Waals surface area (Å²) in [6.45, 7) is 16.2. The Kier molecular flexibility index (Phi) is 54.9. The van der Waals surface area contributed by atoms with Crippen LogP contribution in [0.2, 0.25) is 0 Å². The minimum absolute atomic E-state index is 0. The molecule has 1 aromatic carbocycles. The van der Waals surface area contributed by atoms with E-state index < -0.39 is 27.9 Å². The number of hydrogen-bond acceptors (Lipinski definition) is 9. The molecule has 2 heterocycles. The van der Waals surface area contributed by atoms with Gasteiger partial charge < -0.3 is 29.9 Å². The van der Waals surface area contributed by atoms with Crippen molar-refractivity contribution < 1.29 is 93.9 Å². The van der Waals surface area contributed by atoms with E-state index in [1.807, 2.05) is 6.92 Å². The molecule has 3 atom stereocenters. The second-order valence-corrected chi connectivity index (χ2v) is 18.6. The van der Waals surface area contributed by atoms with E-state index in [1.54, 1.807) is 32.9 Å². The number of epoxide rings is 1. The third kappa shape index (κ3) is 59.1. The molecule has 9 nitrogen and oxygen atoms in total. The number of aliphatic hydroxyl groups is 3. The van der Waals surface area contributed by atoms with Gasteiger partial charge in [0, 0.05) is 13.2 Å². The van der Waals surface area contributed by atoms with Gasteiger partial charge in [0.05, 0.1) is 48.4 Å². The van der Waals surface area contributed by atoms with Crippen LogP contribution in [-0.4, -0.2) is 86.0 Å². The van der Waals surface area contributed by atoms with Gasteiger partial charge in [0.25, 0.3) is 10.1 Å². The smallest absolute Gasteiger partial charge is 0.850 e. The Morgan fingerprint density at radius 3 is 1.47 bits per heavy atom. The molecular formula is C46H89Cl2KO9S. The largest absolute Gasteiger partial charge is 1.00 e.